The van der Waals surface area contributed by atoms with Gasteiger partial charge >= 0.3 is 0 Å². The number of hydrogen-bond acceptors (Lipinski definition) is 1. The Bertz CT molecular complexity index is 2590. The molecule has 0 fully saturated rings. The second-order valence-electron chi connectivity index (χ2n) is 14.8. The van der Waals surface area contributed by atoms with E-state index in [9.17, 15) is 0 Å². The lowest BCUT2D eigenvalue weighted by atomic mass is 9.81. The van der Waals surface area contributed by atoms with Crippen molar-refractivity contribution in [2.45, 2.75) is 39.0 Å². The molecule has 1 aliphatic rings. The van der Waals surface area contributed by atoms with Crippen LogP contribution in [-0.2, 0) is 5.41 Å². The molecule has 0 aliphatic heterocycles. The molecule has 0 bridgehead atoms. The zero-order valence-corrected chi connectivity index (χ0v) is 29.7. The summed E-state index contributed by atoms with van der Waals surface area (Å²) in [5.41, 5.74) is 15.1. The smallest absolute Gasteiger partial charge is 0.0546 e. The molecule has 0 atom stereocenters. The van der Waals surface area contributed by atoms with Crippen LogP contribution in [-0.4, -0.2) is 0 Å². The van der Waals surface area contributed by atoms with Crippen LogP contribution in [0.5, 0.6) is 0 Å². The van der Waals surface area contributed by atoms with E-state index >= 15 is 0 Å². The number of hydrogen-bond donors (Lipinski definition) is 0. The standard InChI is InChI=1S/C50H41N/c1-33(2)41-21-12-13-22-43(41)45-30-37-19-10-11-20-38(37)31-48(45)51(39-26-25-34-15-8-9-18-36(34)29-39)40-27-28-44-47(32-40)50(3,4)46-24-14-23-42(49(44)46)35-16-6-5-7-17-35/h5-33H,1-4H3. The maximum absolute atomic E-state index is 2.50. The van der Waals surface area contributed by atoms with Crippen molar-refractivity contribution in [3.05, 3.63) is 187 Å². The van der Waals surface area contributed by atoms with Crippen LogP contribution < -0.4 is 4.90 Å². The predicted octanol–water partition coefficient (Wildman–Crippen LogP) is 14.2. The first kappa shape index (κ1) is 31.1. The van der Waals surface area contributed by atoms with Gasteiger partial charge in [-0.15, -0.1) is 0 Å². The van der Waals surface area contributed by atoms with Crippen LogP contribution in [0, 0.1) is 0 Å². The molecule has 0 saturated heterocycles. The Balaban J connectivity index is 1.32. The van der Waals surface area contributed by atoms with Crippen molar-refractivity contribution < 1.29 is 0 Å². The number of rotatable bonds is 6. The highest BCUT2D eigenvalue weighted by atomic mass is 15.1. The lowest BCUT2D eigenvalue weighted by Gasteiger charge is -2.31. The van der Waals surface area contributed by atoms with Crippen LogP contribution in [0.25, 0.3) is 54.9 Å². The topological polar surface area (TPSA) is 3.24 Å². The van der Waals surface area contributed by atoms with Gasteiger partial charge in [0, 0.05) is 22.4 Å². The Morgan fingerprint density at radius 1 is 0.431 bits per heavy atom. The molecule has 0 saturated carbocycles. The fourth-order valence-electron chi connectivity index (χ4n) is 8.39. The molecule has 8 aromatic rings. The number of anilines is 3. The molecule has 1 heteroatoms. The van der Waals surface area contributed by atoms with E-state index in [1.54, 1.807) is 0 Å². The molecule has 0 heterocycles. The average Bonchev–Trinajstić information content (AvgIpc) is 3.40. The molecule has 0 unspecified atom stereocenters. The molecule has 0 aromatic heterocycles. The second kappa shape index (κ2) is 12.1. The average molecular weight is 656 g/mol. The minimum absolute atomic E-state index is 0.170. The maximum atomic E-state index is 2.50. The first-order chi connectivity index (χ1) is 24.9. The lowest BCUT2D eigenvalue weighted by Crippen LogP contribution is -2.17. The summed E-state index contributed by atoms with van der Waals surface area (Å²) in [6.07, 6.45) is 0. The summed E-state index contributed by atoms with van der Waals surface area (Å²) in [4.78, 5) is 2.50. The van der Waals surface area contributed by atoms with Crippen LogP contribution in [0.15, 0.2) is 170 Å². The van der Waals surface area contributed by atoms with Gasteiger partial charge in [-0.3, -0.25) is 0 Å². The predicted molar refractivity (Wildman–Crippen MR) is 219 cm³/mol. The molecule has 246 valence electrons. The van der Waals surface area contributed by atoms with Crippen molar-refractivity contribution >= 4 is 38.6 Å². The summed E-state index contributed by atoms with van der Waals surface area (Å²) >= 11 is 0. The summed E-state index contributed by atoms with van der Waals surface area (Å²) < 4.78 is 0. The van der Waals surface area contributed by atoms with Gasteiger partial charge in [-0.25, -0.2) is 0 Å². The van der Waals surface area contributed by atoms with E-state index in [-0.39, 0.29) is 5.41 Å². The Labute approximate surface area is 301 Å². The summed E-state index contributed by atoms with van der Waals surface area (Å²) in [7, 11) is 0. The van der Waals surface area contributed by atoms with Gasteiger partial charge in [-0.1, -0.05) is 161 Å². The molecular weight excluding hydrogens is 615 g/mol. The molecule has 0 spiro atoms. The van der Waals surface area contributed by atoms with Crippen molar-refractivity contribution in [1.29, 1.82) is 0 Å². The quantitative estimate of drug-likeness (QED) is 0.172. The lowest BCUT2D eigenvalue weighted by molar-refractivity contribution is 0.660. The molecule has 0 amide bonds. The number of nitrogens with zero attached hydrogens (tertiary/aromatic N) is 1. The zero-order chi connectivity index (χ0) is 34.7. The summed E-state index contributed by atoms with van der Waals surface area (Å²) in [5, 5.41) is 4.94. The molecule has 9 rings (SSSR count). The van der Waals surface area contributed by atoms with Crippen molar-refractivity contribution in [2.75, 3.05) is 4.90 Å². The van der Waals surface area contributed by atoms with Crippen LogP contribution >= 0.6 is 0 Å². The monoisotopic (exact) mass is 655 g/mol. The number of fused-ring (bicyclic) bond motifs is 5. The van der Waals surface area contributed by atoms with Gasteiger partial charge in [0.15, 0.2) is 0 Å². The third-order valence-corrected chi connectivity index (χ3v) is 11.0. The van der Waals surface area contributed by atoms with Crippen LogP contribution in [0.2, 0.25) is 0 Å². The van der Waals surface area contributed by atoms with E-state index < -0.39 is 0 Å². The van der Waals surface area contributed by atoms with Gasteiger partial charge in [-0.2, -0.15) is 0 Å². The minimum Gasteiger partial charge on any atom is -0.310 e. The maximum Gasteiger partial charge on any atom is 0.0546 e. The fourth-order valence-corrected chi connectivity index (χ4v) is 8.39. The third-order valence-electron chi connectivity index (χ3n) is 11.0. The van der Waals surface area contributed by atoms with E-state index in [1.165, 1.54) is 77.3 Å². The van der Waals surface area contributed by atoms with Crippen molar-refractivity contribution in [2.24, 2.45) is 0 Å². The summed E-state index contributed by atoms with van der Waals surface area (Å²) in [6, 6.07) is 62.9. The summed E-state index contributed by atoms with van der Waals surface area (Å²) in [6.45, 7) is 9.36. The normalized spacial score (nSPS) is 13.0. The molecule has 0 N–H and O–H groups in total. The van der Waals surface area contributed by atoms with Crippen LogP contribution in [0.1, 0.15) is 50.3 Å². The molecule has 0 radical (unpaired) electrons. The fraction of sp³-hybridized carbons (Fsp3) is 0.120. The van der Waals surface area contributed by atoms with Crippen LogP contribution in [0.4, 0.5) is 17.1 Å². The van der Waals surface area contributed by atoms with Crippen molar-refractivity contribution in [3.8, 4) is 33.4 Å². The highest BCUT2D eigenvalue weighted by molar-refractivity contribution is 6.01. The van der Waals surface area contributed by atoms with E-state index in [1.807, 2.05) is 0 Å². The molecule has 51 heavy (non-hydrogen) atoms. The van der Waals surface area contributed by atoms with Gasteiger partial charge in [0.2, 0.25) is 0 Å². The van der Waals surface area contributed by atoms with Gasteiger partial charge in [0.1, 0.15) is 0 Å². The SMILES string of the molecule is CC(C)c1ccccc1-c1cc2ccccc2cc1N(c1ccc2c(c1)C(C)(C)c1cccc(-c3ccccc3)c1-2)c1ccc2ccccc2c1. The Kier molecular flexibility index (Phi) is 7.40. The highest BCUT2D eigenvalue weighted by Gasteiger charge is 2.37. The Morgan fingerprint density at radius 3 is 1.80 bits per heavy atom. The molecule has 1 aliphatic carbocycles. The van der Waals surface area contributed by atoms with E-state index in [4.69, 9.17) is 0 Å². The number of benzene rings is 8. The van der Waals surface area contributed by atoms with Crippen LogP contribution in [0.3, 0.4) is 0 Å². The highest BCUT2D eigenvalue weighted by Crippen LogP contribution is 2.54. The minimum atomic E-state index is -0.170. The zero-order valence-electron chi connectivity index (χ0n) is 29.7. The van der Waals surface area contributed by atoms with Gasteiger partial charge < -0.3 is 4.90 Å². The van der Waals surface area contributed by atoms with Crippen molar-refractivity contribution in [1.82, 2.24) is 0 Å². The van der Waals surface area contributed by atoms with Gasteiger partial charge in [0.25, 0.3) is 0 Å². The van der Waals surface area contributed by atoms with E-state index in [2.05, 4.69) is 202 Å². The molecular formula is C50H41N. The van der Waals surface area contributed by atoms with Crippen molar-refractivity contribution in [3.63, 3.8) is 0 Å². The van der Waals surface area contributed by atoms with Gasteiger partial charge in [-0.05, 0) is 108 Å². The Morgan fingerprint density at radius 2 is 1.04 bits per heavy atom. The molecule has 1 nitrogen and oxygen atoms in total. The largest absolute Gasteiger partial charge is 0.310 e. The third kappa shape index (κ3) is 5.15. The molecule has 8 aromatic carbocycles. The first-order valence-electron chi connectivity index (χ1n) is 18.1. The first-order valence-corrected chi connectivity index (χ1v) is 18.1. The van der Waals surface area contributed by atoms with Gasteiger partial charge in [0.05, 0.1) is 5.69 Å². The Hall–Kier alpha value is -5.92. The van der Waals surface area contributed by atoms with E-state index in [0.29, 0.717) is 5.92 Å². The summed E-state index contributed by atoms with van der Waals surface area (Å²) in [5.74, 6) is 0.382. The van der Waals surface area contributed by atoms with E-state index in [0.717, 1.165) is 11.4 Å². The second-order valence-corrected chi connectivity index (χ2v) is 14.8.